The van der Waals surface area contributed by atoms with E-state index in [1.54, 1.807) is 14.7 Å². The highest BCUT2D eigenvalue weighted by Crippen LogP contribution is 2.17. The number of carboxylic acid groups (broad SMARTS) is 2. The maximum Gasteiger partial charge on any atom is 0.317 e. The number of hydrogen-bond acceptors (Lipinski definition) is 9. The molecule has 1 aliphatic heterocycles. The summed E-state index contributed by atoms with van der Waals surface area (Å²) >= 11 is 0. The second-order valence-electron chi connectivity index (χ2n) is 10.0. The third-order valence-corrected chi connectivity index (χ3v) is 6.91. The van der Waals surface area contributed by atoms with Crippen molar-refractivity contribution in [3.8, 4) is 0 Å². The lowest BCUT2D eigenvalue weighted by molar-refractivity contribution is -0.139. The van der Waals surface area contributed by atoms with Crippen LogP contribution in [0.4, 0.5) is 0 Å². The molecule has 36 heavy (non-hydrogen) atoms. The molecule has 0 aromatic rings. The Balaban J connectivity index is 2.05. The van der Waals surface area contributed by atoms with Gasteiger partial charge in [-0.15, -0.1) is 0 Å². The van der Waals surface area contributed by atoms with Gasteiger partial charge in [0.2, 0.25) is 5.91 Å². The van der Waals surface area contributed by atoms with Gasteiger partial charge in [0.15, 0.2) is 6.29 Å². The third kappa shape index (κ3) is 13.5. The van der Waals surface area contributed by atoms with Gasteiger partial charge in [0.1, 0.15) is 0 Å². The van der Waals surface area contributed by atoms with Crippen LogP contribution in [0.25, 0.3) is 0 Å². The van der Waals surface area contributed by atoms with Crippen LogP contribution >= 0.6 is 0 Å². The van der Waals surface area contributed by atoms with Gasteiger partial charge >= 0.3 is 11.9 Å². The molecule has 1 saturated carbocycles. The number of β-amino-alcohol motifs (C(OH)–C–C–N with tert-alkyl or cyclic N) is 2. The molecular formula is C24H45N5O7. The van der Waals surface area contributed by atoms with Gasteiger partial charge in [-0.1, -0.05) is 32.1 Å². The van der Waals surface area contributed by atoms with Gasteiger partial charge in [-0.2, -0.15) is 0 Å². The van der Waals surface area contributed by atoms with Gasteiger partial charge in [-0.05, 0) is 12.8 Å². The standard InChI is InChI=1S/C24H45N5O7/c30-21(25-20-6-4-2-1-3-5-7-20)16-26-8-10-27(17-22(31)32)12-14-29(19-24(35)36)15-13-28(11-9-26)18-23(33)34/h20,24,35-36H,1-19H2,(H,25,30)(H,31,32)(H,33,34). The number of aliphatic hydroxyl groups is 2. The monoisotopic (exact) mass is 515 g/mol. The minimum Gasteiger partial charge on any atom is -0.480 e. The summed E-state index contributed by atoms with van der Waals surface area (Å²) in [5, 5.41) is 40.7. The number of rotatable bonds is 9. The first-order chi connectivity index (χ1) is 17.2. The number of aliphatic hydroxyl groups excluding tert-OH is 1. The minimum atomic E-state index is -1.54. The fourth-order valence-corrected chi connectivity index (χ4v) is 4.93. The van der Waals surface area contributed by atoms with Crippen LogP contribution < -0.4 is 5.32 Å². The molecule has 1 aliphatic carbocycles. The highest BCUT2D eigenvalue weighted by molar-refractivity contribution is 5.78. The summed E-state index contributed by atoms with van der Waals surface area (Å²) < 4.78 is 0. The zero-order valence-electron chi connectivity index (χ0n) is 21.4. The molecule has 2 rings (SSSR count). The van der Waals surface area contributed by atoms with Gasteiger partial charge < -0.3 is 25.7 Å². The molecule has 0 radical (unpaired) electrons. The maximum absolute atomic E-state index is 12.9. The van der Waals surface area contributed by atoms with E-state index in [1.165, 1.54) is 19.3 Å². The number of nitrogens with zero attached hydrogens (tertiary/aromatic N) is 4. The number of carboxylic acids is 2. The lowest BCUT2D eigenvalue weighted by Crippen LogP contribution is -2.50. The van der Waals surface area contributed by atoms with E-state index in [0.717, 1.165) is 25.7 Å². The van der Waals surface area contributed by atoms with Gasteiger partial charge in [-0.3, -0.25) is 34.0 Å². The molecule has 0 unspecified atom stereocenters. The predicted octanol–water partition coefficient (Wildman–Crippen LogP) is -1.08. The van der Waals surface area contributed by atoms with Crippen molar-refractivity contribution >= 4 is 17.8 Å². The molecule has 1 heterocycles. The lowest BCUT2D eigenvalue weighted by Gasteiger charge is -2.33. The molecule has 0 spiro atoms. The van der Waals surface area contributed by atoms with Crippen molar-refractivity contribution in [2.24, 2.45) is 0 Å². The zero-order valence-corrected chi connectivity index (χ0v) is 21.4. The molecule has 208 valence electrons. The first kappa shape index (κ1) is 30.4. The van der Waals surface area contributed by atoms with Gasteiger partial charge in [0.25, 0.3) is 0 Å². The summed E-state index contributed by atoms with van der Waals surface area (Å²) in [7, 11) is 0. The number of hydrogen-bond donors (Lipinski definition) is 5. The van der Waals surface area contributed by atoms with E-state index in [0.29, 0.717) is 52.4 Å². The average molecular weight is 516 g/mol. The second kappa shape index (κ2) is 16.8. The van der Waals surface area contributed by atoms with Gasteiger partial charge in [0, 0.05) is 64.9 Å². The molecule has 2 aliphatic rings. The molecule has 5 N–H and O–H groups in total. The van der Waals surface area contributed by atoms with Crippen molar-refractivity contribution in [3.63, 3.8) is 0 Å². The molecule has 12 nitrogen and oxygen atoms in total. The van der Waals surface area contributed by atoms with Gasteiger partial charge in [-0.25, -0.2) is 0 Å². The smallest absolute Gasteiger partial charge is 0.317 e. The zero-order chi connectivity index (χ0) is 26.3. The largest absolute Gasteiger partial charge is 0.480 e. The third-order valence-electron chi connectivity index (χ3n) is 6.91. The predicted molar refractivity (Wildman–Crippen MR) is 134 cm³/mol. The number of amides is 1. The van der Waals surface area contributed by atoms with Crippen molar-refractivity contribution in [1.82, 2.24) is 24.9 Å². The van der Waals surface area contributed by atoms with Crippen molar-refractivity contribution in [1.29, 1.82) is 0 Å². The van der Waals surface area contributed by atoms with Gasteiger partial charge in [0.05, 0.1) is 19.6 Å². The molecular weight excluding hydrogens is 470 g/mol. The van der Waals surface area contributed by atoms with E-state index >= 15 is 0 Å². The van der Waals surface area contributed by atoms with Crippen molar-refractivity contribution in [2.45, 2.75) is 57.3 Å². The number of aliphatic carboxylic acids is 2. The first-order valence-electron chi connectivity index (χ1n) is 13.2. The fourth-order valence-electron chi connectivity index (χ4n) is 4.93. The van der Waals surface area contributed by atoms with Crippen molar-refractivity contribution in [2.75, 3.05) is 78.5 Å². The second-order valence-corrected chi connectivity index (χ2v) is 10.0. The minimum absolute atomic E-state index is 0.00468. The van der Waals surface area contributed by atoms with E-state index < -0.39 is 18.2 Å². The summed E-state index contributed by atoms with van der Waals surface area (Å²) in [6, 6.07) is 0.185. The number of carbonyl (C=O) groups is 3. The normalized spacial score (nSPS) is 21.8. The Bertz CT molecular complexity index is 641. The molecule has 1 amide bonds. The van der Waals surface area contributed by atoms with E-state index in [-0.39, 0.29) is 38.1 Å². The lowest BCUT2D eigenvalue weighted by atomic mass is 9.97. The van der Waals surface area contributed by atoms with E-state index in [9.17, 15) is 34.8 Å². The Labute approximate surface area is 213 Å². The Kier molecular flexibility index (Phi) is 14.2. The SMILES string of the molecule is O=C(O)CN1CCN(CC(=O)NC2CCCCCCC2)CCN(CC(=O)O)CCN(CC(O)O)CC1. The van der Waals surface area contributed by atoms with Crippen LogP contribution in [0.3, 0.4) is 0 Å². The molecule has 1 saturated heterocycles. The van der Waals surface area contributed by atoms with Crippen LogP contribution in [0.1, 0.15) is 44.9 Å². The van der Waals surface area contributed by atoms with Crippen LogP contribution in [0, 0.1) is 0 Å². The Morgan fingerprint density at radius 2 is 1.03 bits per heavy atom. The van der Waals surface area contributed by atoms with Crippen LogP contribution in [0.15, 0.2) is 0 Å². The molecule has 0 aromatic carbocycles. The fraction of sp³-hybridized carbons (Fsp3) is 0.875. The summed E-state index contributed by atoms with van der Waals surface area (Å²) in [6.07, 6.45) is 6.34. The number of nitrogens with one attached hydrogen (secondary N) is 1. The summed E-state index contributed by atoms with van der Waals surface area (Å²) in [6.45, 7) is 3.29. The van der Waals surface area contributed by atoms with Crippen LogP contribution in [-0.2, 0) is 14.4 Å². The molecule has 12 heteroatoms. The van der Waals surface area contributed by atoms with Crippen molar-refractivity contribution < 1.29 is 34.8 Å². The van der Waals surface area contributed by atoms with Crippen LogP contribution in [0.2, 0.25) is 0 Å². The summed E-state index contributed by atoms with van der Waals surface area (Å²) in [4.78, 5) is 43.1. The summed E-state index contributed by atoms with van der Waals surface area (Å²) in [5.41, 5.74) is 0. The first-order valence-corrected chi connectivity index (χ1v) is 13.2. The van der Waals surface area contributed by atoms with Crippen LogP contribution in [-0.4, -0.2) is 149 Å². The van der Waals surface area contributed by atoms with Crippen LogP contribution in [0.5, 0.6) is 0 Å². The topological polar surface area (TPSA) is 157 Å². The molecule has 0 atom stereocenters. The molecule has 2 fully saturated rings. The number of carbonyl (C=O) groups excluding carboxylic acids is 1. The van der Waals surface area contributed by atoms with E-state index in [4.69, 9.17) is 0 Å². The Hall–Kier alpha value is -1.83. The van der Waals surface area contributed by atoms with Crippen molar-refractivity contribution in [3.05, 3.63) is 0 Å². The molecule has 0 bridgehead atoms. The van der Waals surface area contributed by atoms with E-state index in [2.05, 4.69) is 5.32 Å². The quantitative estimate of drug-likeness (QED) is 0.238. The Morgan fingerprint density at radius 3 is 1.44 bits per heavy atom. The summed E-state index contributed by atoms with van der Waals surface area (Å²) in [5.74, 6) is -1.94. The highest BCUT2D eigenvalue weighted by Gasteiger charge is 2.22. The highest BCUT2D eigenvalue weighted by atomic mass is 16.5. The Morgan fingerprint density at radius 1 is 0.639 bits per heavy atom. The average Bonchev–Trinajstić information content (AvgIpc) is 2.76. The molecule has 0 aromatic heterocycles. The maximum atomic E-state index is 12.9. The van der Waals surface area contributed by atoms with E-state index in [1.807, 2.05) is 4.90 Å².